The minimum Gasteiger partial charge on any atom is -0.445 e. The largest absolute Gasteiger partial charge is 0.445 e. The van der Waals surface area contributed by atoms with Crippen LogP contribution in [-0.2, 0) is 27.8 Å². The summed E-state index contributed by atoms with van der Waals surface area (Å²) in [7, 11) is 1.75. The third kappa shape index (κ3) is 6.60. The quantitative estimate of drug-likeness (QED) is 0.499. The summed E-state index contributed by atoms with van der Waals surface area (Å²) in [5, 5.41) is 4.59. The topological polar surface area (TPSA) is 91.2 Å². The van der Waals surface area contributed by atoms with Gasteiger partial charge in [-0.05, 0) is 37.6 Å². The summed E-state index contributed by atoms with van der Waals surface area (Å²) in [5.74, 6) is 1.21. The molecule has 0 atom stereocenters. The Kier molecular flexibility index (Phi) is 7.22. The van der Waals surface area contributed by atoms with Gasteiger partial charge in [-0.15, -0.1) is 0 Å². The number of hydrogen-bond acceptors (Lipinski definition) is 4. The summed E-state index contributed by atoms with van der Waals surface area (Å²) in [4.78, 5) is 34.5. The smallest absolute Gasteiger partial charge is 0.226 e. The van der Waals surface area contributed by atoms with Gasteiger partial charge in [0.25, 0.3) is 0 Å². The molecule has 0 spiro atoms. The zero-order chi connectivity index (χ0) is 24.4. The maximum Gasteiger partial charge on any atom is 0.226 e. The average molecular weight is 473 g/mol. The molecule has 0 saturated carbocycles. The molecule has 2 amide bonds. The van der Waals surface area contributed by atoms with Gasteiger partial charge in [0, 0.05) is 54.0 Å². The number of likely N-dealkylation sites (N-methyl/N-ethyl adjacent to an activating group) is 1. The number of rotatable bonds is 8. The van der Waals surface area contributed by atoms with Gasteiger partial charge in [-0.1, -0.05) is 32.4 Å². The number of H-pyrrole nitrogens is 1. The number of aryl methyl sites for hydroxylation is 1. The molecule has 33 heavy (non-hydrogen) atoms. The lowest BCUT2D eigenvalue weighted by Crippen LogP contribution is -2.52. The lowest BCUT2D eigenvalue weighted by atomic mass is 9.94. The molecule has 2 aromatic heterocycles. The van der Waals surface area contributed by atoms with Gasteiger partial charge < -0.3 is 19.6 Å². The number of nitrogens with zero attached hydrogens (tertiary/aromatic N) is 2. The molecule has 3 aromatic rings. The second-order valence-corrected chi connectivity index (χ2v) is 10.7. The zero-order valence-electron chi connectivity index (χ0n) is 20.2. The summed E-state index contributed by atoms with van der Waals surface area (Å²) in [6, 6.07) is 5.57. The number of carbonyl (C=O) groups excluding carboxylic acids is 2. The minimum atomic E-state index is -0.585. The summed E-state index contributed by atoms with van der Waals surface area (Å²) in [6.07, 6.45) is 4.51. The first kappa shape index (κ1) is 24.8. The van der Waals surface area contributed by atoms with E-state index in [9.17, 15) is 9.59 Å². The highest BCUT2D eigenvalue weighted by Gasteiger charge is 2.25. The Morgan fingerprint density at radius 1 is 1.21 bits per heavy atom. The highest BCUT2D eigenvalue weighted by molar-refractivity contribution is 6.31. The molecule has 0 bridgehead atoms. The molecule has 0 radical (unpaired) electrons. The lowest BCUT2D eigenvalue weighted by molar-refractivity contribution is -0.131. The fraction of sp³-hybridized carbons (Fsp3) is 0.480. The van der Waals surface area contributed by atoms with E-state index in [1.807, 2.05) is 38.2 Å². The van der Waals surface area contributed by atoms with Gasteiger partial charge >= 0.3 is 0 Å². The number of nitrogens with one attached hydrogen (secondary N) is 2. The van der Waals surface area contributed by atoms with E-state index in [-0.39, 0.29) is 30.1 Å². The van der Waals surface area contributed by atoms with Crippen LogP contribution in [0.15, 0.2) is 35.0 Å². The van der Waals surface area contributed by atoms with Gasteiger partial charge in [0.1, 0.15) is 5.76 Å². The highest BCUT2D eigenvalue weighted by Crippen LogP contribution is 2.24. The molecule has 0 aliphatic rings. The van der Waals surface area contributed by atoms with Crippen molar-refractivity contribution in [2.75, 3.05) is 13.6 Å². The number of amides is 2. The molecule has 3 rings (SSSR count). The Bertz CT molecular complexity index is 1140. The average Bonchev–Trinajstić information content (AvgIpc) is 3.33. The maximum absolute atomic E-state index is 12.8. The van der Waals surface area contributed by atoms with E-state index >= 15 is 0 Å². The Morgan fingerprint density at radius 2 is 1.94 bits per heavy atom. The van der Waals surface area contributed by atoms with Crippen molar-refractivity contribution in [3.8, 4) is 0 Å². The number of fused-ring (bicyclic) bond motifs is 1. The number of hydrogen-bond donors (Lipinski definition) is 2. The maximum atomic E-state index is 12.8. The molecule has 1 aromatic carbocycles. The van der Waals surface area contributed by atoms with Crippen LogP contribution in [0.1, 0.15) is 58.3 Å². The Balaban J connectivity index is 1.52. The van der Waals surface area contributed by atoms with Gasteiger partial charge in [0.05, 0.1) is 18.2 Å². The van der Waals surface area contributed by atoms with E-state index in [1.54, 1.807) is 18.1 Å². The Hall–Kier alpha value is -2.80. The van der Waals surface area contributed by atoms with Crippen LogP contribution in [0.2, 0.25) is 5.02 Å². The number of aromatic nitrogens is 2. The van der Waals surface area contributed by atoms with Crippen LogP contribution in [0.4, 0.5) is 0 Å². The van der Waals surface area contributed by atoms with Crippen LogP contribution in [-0.4, -0.2) is 45.8 Å². The minimum absolute atomic E-state index is 0.0345. The summed E-state index contributed by atoms with van der Waals surface area (Å²) >= 11 is 6.11. The third-order valence-corrected chi connectivity index (χ3v) is 5.70. The predicted octanol–water partition coefficient (Wildman–Crippen LogP) is 4.64. The molecule has 2 N–H and O–H groups in total. The van der Waals surface area contributed by atoms with Crippen molar-refractivity contribution < 1.29 is 14.0 Å². The van der Waals surface area contributed by atoms with Crippen molar-refractivity contribution in [1.82, 2.24) is 20.2 Å². The predicted molar refractivity (Wildman–Crippen MR) is 130 cm³/mol. The molecule has 0 aliphatic heterocycles. The lowest BCUT2D eigenvalue weighted by Gasteiger charge is -2.31. The second kappa shape index (κ2) is 9.59. The SMILES string of the molecule is CN(CC(C)(C)NC(=O)CCc1ncc(C(C)(C)C)o1)C(=O)Cc1c[nH]c2ccc(Cl)cc12. The zero-order valence-corrected chi connectivity index (χ0v) is 21.0. The molecule has 0 aliphatic carbocycles. The van der Waals surface area contributed by atoms with Gasteiger partial charge in [0.15, 0.2) is 5.89 Å². The van der Waals surface area contributed by atoms with Crippen molar-refractivity contribution in [3.05, 3.63) is 52.8 Å². The van der Waals surface area contributed by atoms with Crippen molar-refractivity contribution in [2.24, 2.45) is 0 Å². The Morgan fingerprint density at radius 3 is 2.61 bits per heavy atom. The van der Waals surface area contributed by atoms with E-state index in [2.05, 4.69) is 36.1 Å². The van der Waals surface area contributed by atoms with Crippen molar-refractivity contribution >= 4 is 34.3 Å². The molecule has 178 valence electrons. The first-order valence-electron chi connectivity index (χ1n) is 11.1. The number of halogens is 1. The summed E-state index contributed by atoms with van der Waals surface area (Å²) in [6.45, 7) is 10.4. The van der Waals surface area contributed by atoms with Crippen LogP contribution < -0.4 is 5.32 Å². The number of aromatic amines is 1. The van der Waals surface area contributed by atoms with Crippen molar-refractivity contribution in [2.45, 2.75) is 64.8 Å². The molecular weight excluding hydrogens is 440 g/mol. The number of oxazole rings is 1. The van der Waals surface area contributed by atoms with Gasteiger partial charge in [-0.2, -0.15) is 0 Å². The van der Waals surface area contributed by atoms with E-state index in [0.29, 0.717) is 23.9 Å². The third-order valence-electron chi connectivity index (χ3n) is 5.47. The van der Waals surface area contributed by atoms with Gasteiger partial charge in [-0.25, -0.2) is 4.98 Å². The van der Waals surface area contributed by atoms with Crippen LogP contribution in [0.3, 0.4) is 0 Å². The van der Waals surface area contributed by atoms with E-state index in [4.69, 9.17) is 16.0 Å². The monoisotopic (exact) mass is 472 g/mol. The molecule has 8 heteroatoms. The van der Waals surface area contributed by atoms with E-state index in [0.717, 1.165) is 22.2 Å². The fourth-order valence-electron chi connectivity index (χ4n) is 3.75. The molecular formula is C25H33ClN4O3. The molecule has 0 fully saturated rings. The number of carbonyl (C=O) groups is 2. The van der Waals surface area contributed by atoms with Gasteiger partial charge in [0.2, 0.25) is 11.8 Å². The van der Waals surface area contributed by atoms with Crippen LogP contribution in [0.25, 0.3) is 10.9 Å². The van der Waals surface area contributed by atoms with Crippen LogP contribution in [0, 0.1) is 0 Å². The van der Waals surface area contributed by atoms with Gasteiger partial charge in [-0.3, -0.25) is 9.59 Å². The normalized spacial score (nSPS) is 12.2. The van der Waals surface area contributed by atoms with Crippen LogP contribution in [0.5, 0.6) is 0 Å². The molecule has 0 unspecified atom stereocenters. The number of benzene rings is 1. The Labute approximate surface area is 199 Å². The fourth-order valence-corrected chi connectivity index (χ4v) is 3.92. The first-order chi connectivity index (χ1) is 15.3. The molecule has 2 heterocycles. The summed E-state index contributed by atoms with van der Waals surface area (Å²) < 4.78 is 5.76. The summed E-state index contributed by atoms with van der Waals surface area (Å²) in [5.41, 5.74) is 1.13. The van der Waals surface area contributed by atoms with E-state index < -0.39 is 5.54 Å². The van der Waals surface area contributed by atoms with E-state index in [1.165, 1.54) is 0 Å². The highest BCUT2D eigenvalue weighted by atomic mass is 35.5. The standard InChI is InChI=1S/C25H33ClN4O3/c1-24(2,3)20-14-28-22(33-20)10-9-21(31)29-25(4,5)15-30(6)23(32)11-16-13-27-19-8-7-17(26)12-18(16)19/h7-8,12-14,27H,9-11,15H2,1-6H3,(H,29,31). The van der Waals surface area contributed by atoms with Crippen LogP contribution >= 0.6 is 11.6 Å². The second-order valence-electron chi connectivity index (χ2n) is 10.2. The molecule has 7 nitrogen and oxygen atoms in total. The van der Waals surface area contributed by atoms with Crippen molar-refractivity contribution in [3.63, 3.8) is 0 Å². The first-order valence-corrected chi connectivity index (χ1v) is 11.5. The molecule has 0 saturated heterocycles. The van der Waals surface area contributed by atoms with Crippen molar-refractivity contribution in [1.29, 1.82) is 0 Å².